The van der Waals surface area contributed by atoms with Crippen LogP contribution >= 0.6 is 23.4 Å². The number of amides is 5. The number of para-hydroxylation sites is 1. The van der Waals surface area contributed by atoms with Crippen LogP contribution in [0.5, 0.6) is 0 Å². The molecular formula is C38H61ClN6O5S. The zero-order valence-corrected chi connectivity index (χ0v) is 32.2. The van der Waals surface area contributed by atoms with Crippen LogP contribution in [0.25, 0.3) is 0 Å². The summed E-state index contributed by atoms with van der Waals surface area (Å²) in [5.41, 5.74) is 2.45. The van der Waals surface area contributed by atoms with Crippen LogP contribution < -0.4 is 31.9 Å². The molecule has 3 unspecified atom stereocenters. The summed E-state index contributed by atoms with van der Waals surface area (Å²) >= 11 is 6.76. The summed E-state index contributed by atoms with van der Waals surface area (Å²) in [6, 6.07) is 8.73. The number of urea groups is 1. The number of halogens is 1. The van der Waals surface area contributed by atoms with E-state index >= 15 is 0 Å². The van der Waals surface area contributed by atoms with E-state index in [0.717, 1.165) is 95.9 Å². The molecule has 2 aliphatic heterocycles. The summed E-state index contributed by atoms with van der Waals surface area (Å²) in [6.45, 7) is 6.82. The van der Waals surface area contributed by atoms with Gasteiger partial charge in [-0.1, -0.05) is 43.5 Å². The van der Waals surface area contributed by atoms with Crippen LogP contribution in [-0.4, -0.2) is 78.3 Å². The van der Waals surface area contributed by atoms with Crippen molar-refractivity contribution in [2.75, 3.05) is 37.2 Å². The predicted octanol–water partition coefficient (Wildman–Crippen LogP) is 6.10. The fourth-order valence-electron chi connectivity index (χ4n) is 5.95. The van der Waals surface area contributed by atoms with Crippen molar-refractivity contribution in [2.45, 2.75) is 127 Å². The van der Waals surface area contributed by atoms with Crippen LogP contribution in [0.3, 0.4) is 0 Å². The largest absolute Gasteiger partial charge is 0.385 e. The molecule has 3 atom stereocenters. The summed E-state index contributed by atoms with van der Waals surface area (Å²) in [6.07, 6.45) is 15.8. The molecular weight excluding hydrogens is 688 g/mol. The Morgan fingerprint density at radius 2 is 1.29 bits per heavy atom. The van der Waals surface area contributed by atoms with Crippen molar-refractivity contribution in [3.8, 4) is 0 Å². The van der Waals surface area contributed by atoms with Gasteiger partial charge in [0.2, 0.25) is 23.0 Å². The fraction of sp³-hybridized carbons (Fsp3) is 0.658. The van der Waals surface area contributed by atoms with Crippen molar-refractivity contribution in [2.24, 2.45) is 0 Å². The Balaban J connectivity index is 0.00000138. The number of rotatable bonds is 25. The lowest BCUT2D eigenvalue weighted by Gasteiger charge is -2.16. The number of carbonyl (C=O) groups excluding carboxylic acids is 5. The molecule has 286 valence electrons. The molecule has 0 aromatic heterocycles. The van der Waals surface area contributed by atoms with E-state index in [4.69, 9.17) is 11.6 Å². The molecule has 13 heteroatoms. The minimum Gasteiger partial charge on any atom is -0.385 e. The third-order valence-corrected chi connectivity index (χ3v) is 10.5. The fourth-order valence-corrected chi connectivity index (χ4v) is 7.62. The molecule has 2 fully saturated rings. The molecule has 2 saturated heterocycles. The second-order valence-electron chi connectivity index (χ2n) is 13.1. The van der Waals surface area contributed by atoms with Gasteiger partial charge in [0.05, 0.1) is 12.1 Å². The molecule has 11 nitrogen and oxygen atoms in total. The second-order valence-corrected chi connectivity index (χ2v) is 14.8. The number of hydrogen-bond donors (Lipinski definition) is 6. The second kappa shape index (κ2) is 27.4. The van der Waals surface area contributed by atoms with Crippen LogP contribution in [0.15, 0.2) is 36.4 Å². The first-order valence-electron chi connectivity index (χ1n) is 18.8. The van der Waals surface area contributed by atoms with Crippen molar-refractivity contribution >= 4 is 58.0 Å². The van der Waals surface area contributed by atoms with E-state index in [1.165, 1.54) is 17.3 Å². The van der Waals surface area contributed by atoms with Gasteiger partial charge in [0.15, 0.2) is 0 Å². The van der Waals surface area contributed by atoms with Gasteiger partial charge in [0, 0.05) is 62.1 Å². The third kappa shape index (κ3) is 21.0. The standard InChI is InChI=1S/C34H56N6O4S.C4H5ClO/c1-26-15-7-8-16-27(26)35-21-13-4-14-24-38-31(42)19-6-2-11-22-36-30(41)18-5-3-12-23-37-32(43)20-10-9-17-29-33-28(25-45-29)39-34(44)40-33;1-2-3-4(5)6/h7-8,15-16,28-29,33,35H,2-6,9-14,17-25H2,1H3,(H,36,41)(H,37,43)(H,38,42)(H2,39,40,44);2-3H,1H3/b;3-2+. The maximum absolute atomic E-state index is 12.1. The normalized spacial score (nSPS) is 17.5. The Labute approximate surface area is 314 Å². The SMILES string of the molecule is C/C=C/C(=O)Cl.Cc1ccccc1NCCCCCNC(=O)CCCCCNC(=O)CCCCCNC(=O)CCCCC1SCC2NC(=O)NC21. The number of anilines is 1. The number of hydrogen-bond acceptors (Lipinski definition) is 7. The first-order chi connectivity index (χ1) is 24.7. The predicted molar refractivity (Wildman–Crippen MR) is 209 cm³/mol. The van der Waals surface area contributed by atoms with Crippen LogP contribution in [0.4, 0.5) is 10.5 Å². The molecule has 6 N–H and O–H groups in total. The van der Waals surface area contributed by atoms with Crippen LogP contribution in [0, 0.1) is 6.92 Å². The number of nitrogens with one attached hydrogen (secondary N) is 6. The molecule has 3 rings (SSSR count). The number of fused-ring (bicyclic) bond motifs is 1. The van der Waals surface area contributed by atoms with Gasteiger partial charge in [-0.25, -0.2) is 4.79 Å². The summed E-state index contributed by atoms with van der Waals surface area (Å²) in [5.74, 6) is 1.25. The van der Waals surface area contributed by atoms with E-state index in [2.05, 4.69) is 51.0 Å². The van der Waals surface area contributed by atoms with Gasteiger partial charge in [-0.05, 0) is 101 Å². The van der Waals surface area contributed by atoms with Crippen LogP contribution in [0.1, 0.15) is 109 Å². The zero-order valence-electron chi connectivity index (χ0n) is 30.7. The Morgan fingerprint density at radius 1 is 0.765 bits per heavy atom. The molecule has 0 bridgehead atoms. The Bertz CT molecular complexity index is 1230. The number of benzene rings is 1. The molecule has 2 heterocycles. The summed E-state index contributed by atoms with van der Waals surface area (Å²) < 4.78 is 0. The van der Waals surface area contributed by atoms with Gasteiger partial charge in [-0.15, -0.1) is 0 Å². The van der Waals surface area contributed by atoms with E-state index in [9.17, 15) is 24.0 Å². The highest BCUT2D eigenvalue weighted by Crippen LogP contribution is 2.33. The molecule has 5 amide bonds. The van der Waals surface area contributed by atoms with E-state index in [1.54, 1.807) is 13.0 Å². The number of carbonyl (C=O) groups is 5. The van der Waals surface area contributed by atoms with Gasteiger partial charge in [-0.3, -0.25) is 19.2 Å². The van der Waals surface area contributed by atoms with Crippen molar-refractivity contribution in [1.29, 1.82) is 0 Å². The molecule has 0 aliphatic carbocycles. The Hall–Kier alpha value is -3.25. The van der Waals surface area contributed by atoms with Gasteiger partial charge >= 0.3 is 6.03 Å². The summed E-state index contributed by atoms with van der Waals surface area (Å²) in [5, 5.41) is 18.4. The Kier molecular flexibility index (Phi) is 23.6. The lowest BCUT2D eigenvalue weighted by molar-refractivity contribution is -0.122. The topological polar surface area (TPSA) is 158 Å². The number of thioether (sulfide) groups is 1. The quantitative estimate of drug-likeness (QED) is 0.0305. The van der Waals surface area contributed by atoms with Gasteiger partial charge in [0.25, 0.3) is 0 Å². The lowest BCUT2D eigenvalue weighted by Crippen LogP contribution is -2.36. The maximum Gasteiger partial charge on any atom is 0.315 e. The van der Waals surface area contributed by atoms with E-state index in [-0.39, 0.29) is 35.8 Å². The average molecular weight is 749 g/mol. The monoisotopic (exact) mass is 748 g/mol. The summed E-state index contributed by atoms with van der Waals surface area (Å²) in [4.78, 5) is 57.4. The average Bonchev–Trinajstić information content (AvgIpc) is 3.65. The van der Waals surface area contributed by atoms with Gasteiger partial charge in [-0.2, -0.15) is 11.8 Å². The summed E-state index contributed by atoms with van der Waals surface area (Å²) in [7, 11) is 0. The first kappa shape index (κ1) is 43.9. The van der Waals surface area contributed by atoms with Crippen molar-refractivity contribution in [3.63, 3.8) is 0 Å². The first-order valence-corrected chi connectivity index (χ1v) is 20.2. The lowest BCUT2D eigenvalue weighted by atomic mass is 10.0. The highest BCUT2D eigenvalue weighted by molar-refractivity contribution is 8.00. The number of unbranched alkanes of at least 4 members (excludes halogenated alkanes) is 7. The third-order valence-electron chi connectivity index (χ3n) is 8.82. The maximum atomic E-state index is 12.1. The molecule has 1 aromatic carbocycles. The van der Waals surface area contributed by atoms with Crippen molar-refractivity contribution in [3.05, 3.63) is 42.0 Å². The van der Waals surface area contributed by atoms with Crippen molar-refractivity contribution < 1.29 is 24.0 Å². The van der Waals surface area contributed by atoms with Crippen molar-refractivity contribution in [1.82, 2.24) is 26.6 Å². The zero-order chi connectivity index (χ0) is 37.1. The number of allylic oxidation sites excluding steroid dienone is 2. The highest BCUT2D eigenvalue weighted by Gasteiger charge is 2.42. The molecule has 51 heavy (non-hydrogen) atoms. The molecule has 0 spiro atoms. The smallest absolute Gasteiger partial charge is 0.315 e. The van der Waals surface area contributed by atoms with E-state index < -0.39 is 5.24 Å². The molecule has 2 aliphatic rings. The Morgan fingerprint density at radius 3 is 1.82 bits per heavy atom. The van der Waals surface area contributed by atoms with E-state index in [0.29, 0.717) is 37.6 Å². The molecule has 0 saturated carbocycles. The number of aryl methyl sites for hydroxylation is 1. The van der Waals surface area contributed by atoms with Crippen LogP contribution in [0.2, 0.25) is 0 Å². The minimum absolute atomic E-state index is 0.0552. The van der Waals surface area contributed by atoms with Gasteiger partial charge in [0.1, 0.15) is 0 Å². The minimum atomic E-state index is -0.419. The van der Waals surface area contributed by atoms with E-state index in [1.807, 2.05) is 23.9 Å². The molecule has 0 radical (unpaired) electrons. The van der Waals surface area contributed by atoms with Crippen LogP contribution in [-0.2, 0) is 19.2 Å². The highest BCUT2D eigenvalue weighted by atomic mass is 35.5. The molecule has 1 aromatic rings. The van der Waals surface area contributed by atoms with Gasteiger partial charge < -0.3 is 31.9 Å².